The standard InChI is InChI=1S/C18H25NO2/c1-5-10-19-18(15-9-11-21-14(15)4)16-12-13(3)7-8-17(16)20-6-2/h7-9,11-12,18-19H,5-6,10H2,1-4H3. The minimum atomic E-state index is 0.102. The molecule has 21 heavy (non-hydrogen) atoms. The summed E-state index contributed by atoms with van der Waals surface area (Å²) in [5.41, 5.74) is 3.59. The number of benzene rings is 1. The predicted molar refractivity (Wildman–Crippen MR) is 85.9 cm³/mol. The molecular weight excluding hydrogens is 262 g/mol. The van der Waals surface area contributed by atoms with Crippen LogP contribution in [0.3, 0.4) is 0 Å². The average molecular weight is 287 g/mol. The van der Waals surface area contributed by atoms with E-state index in [-0.39, 0.29) is 6.04 Å². The van der Waals surface area contributed by atoms with Gasteiger partial charge in [-0.15, -0.1) is 0 Å². The van der Waals surface area contributed by atoms with Gasteiger partial charge in [0.2, 0.25) is 0 Å². The zero-order chi connectivity index (χ0) is 15.2. The van der Waals surface area contributed by atoms with Gasteiger partial charge in [0.15, 0.2) is 0 Å². The molecule has 0 fully saturated rings. The van der Waals surface area contributed by atoms with Crippen molar-refractivity contribution in [3.8, 4) is 5.75 Å². The molecule has 1 unspecified atom stereocenters. The Labute approximate surface area is 127 Å². The Hall–Kier alpha value is -1.74. The van der Waals surface area contributed by atoms with Crippen LogP contribution in [-0.2, 0) is 0 Å². The van der Waals surface area contributed by atoms with Gasteiger partial charge in [-0.2, -0.15) is 0 Å². The largest absolute Gasteiger partial charge is 0.494 e. The maximum atomic E-state index is 5.82. The summed E-state index contributed by atoms with van der Waals surface area (Å²) in [4.78, 5) is 0. The van der Waals surface area contributed by atoms with E-state index in [1.54, 1.807) is 6.26 Å². The summed E-state index contributed by atoms with van der Waals surface area (Å²) in [7, 11) is 0. The highest BCUT2D eigenvalue weighted by atomic mass is 16.5. The summed E-state index contributed by atoms with van der Waals surface area (Å²) >= 11 is 0. The van der Waals surface area contributed by atoms with Gasteiger partial charge in [-0.25, -0.2) is 0 Å². The van der Waals surface area contributed by atoms with Crippen LogP contribution in [0.5, 0.6) is 5.75 Å². The lowest BCUT2D eigenvalue weighted by atomic mass is 9.96. The van der Waals surface area contributed by atoms with E-state index in [1.807, 2.05) is 19.9 Å². The van der Waals surface area contributed by atoms with Gasteiger partial charge in [0.25, 0.3) is 0 Å². The number of ether oxygens (including phenoxy) is 1. The van der Waals surface area contributed by atoms with Crippen LogP contribution in [0.2, 0.25) is 0 Å². The van der Waals surface area contributed by atoms with Crippen molar-refractivity contribution in [1.29, 1.82) is 0 Å². The summed E-state index contributed by atoms with van der Waals surface area (Å²) in [5.74, 6) is 1.89. The highest BCUT2D eigenvalue weighted by Crippen LogP contribution is 2.33. The Morgan fingerprint density at radius 2 is 1.95 bits per heavy atom. The van der Waals surface area contributed by atoms with Crippen molar-refractivity contribution in [1.82, 2.24) is 5.32 Å². The Bertz CT molecular complexity index is 574. The van der Waals surface area contributed by atoms with Gasteiger partial charge in [0.05, 0.1) is 18.9 Å². The maximum absolute atomic E-state index is 5.82. The monoisotopic (exact) mass is 287 g/mol. The van der Waals surface area contributed by atoms with E-state index < -0.39 is 0 Å². The number of hydrogen-bond donors (Lipinski definition) is 1. The number of nitrogens with one attached hydrogen (secondary N) is 1. The normalized spacial score (nSPS) is 12.4. The molecule has 0 saturated heterocycles. The van der Waals surface area contributed by atoms with E-state index in [9.17, 15) is 0 Å². The lowest BCUT2D eigenvalue weighted by Gasteiger charge is -2.22. The first-order chi connectivity index (χ1) is 10.2. The third-order valence-electron chi connectivity index (χ3n) is 3.58. The van der Waals surface area contributed by atoms with Crippen molar-refractivity contribution in [3.05, 3.63) is 53.0 Å². The Morgan fingerprint density at radius 3 is 2.57 bits per heavy atom. The topological polar surface area (TPSA) is 34.4 Å². The Kier molecular flexibility index (Phi) is 5.45. The van der Waals surface area contributed by atoms with Gasteiger partial charge in [-0.05, 0) is 45.9 Å². The molecule has 0 aliphatic carbocycles. The predicted octanol–water partition coefficient (Wildman–Crippen LogP) is 4.38. The summed E-state index contributed by atoms with van der Waals surface area (Å²) in [5, 5.41) is 3.61. The van der Waals surface area contributed by atoms with Crippen molar-refractivity contribution < 1.29 is 9.15 Å². The molecule has 0 aliphatic heterocycles. The van der Waals surface area contributed by atoms with Crippen molar-refractivity contribution in [3.63, 3.8) is 0 Å². The van der Waals surface area contributed by atoms with Crippen molar-refractivity contribution >= 4 is 0 Å². The van der Waals surface area contributed by atoms with Gasteiger partial charge >= 0.3 is 0 Å². The van der Waals surface area contributed by atoms with Crippen LogP contribution in [0.1, 0.15) is 48.8 Å². The second kappa shape index (κ2) is 7.32. The Morgan fingerprint density at radius 1 is 1.14 bits per heavy atom. The molecule has 0 aliphatic rings. The number of hydrogen-bond acceptors (Lipinski definition) is 3. The van der Waals surface area contributed by atoms with Crippen LogP contribution >= 0.6 is 0 Å². The molecule has 0 bridgehead atoms. The van der Waals surface area contributed by atoms with Crippen LogP contribution in [-0.4, -0.2) is 13.2 Å². The van der Waals surface area contributed by atoms with E-state index in [1.165, 1.54) is 16.7 Å². The van der Waals surface area contributed by atoms with Gasteiger partial charge in [-0.3, -0.25) is 0 Å². The highest BCUT2D eigenvalue weighted by Gasteiger charge is 2.21. The second-order valence-corrected chi connectivity index (χ2v) is 5.29. The molecule has 0 amide bonds. The smallest absolute Gasteiger partial charge is 0.124 e. The van der Waals surface area contributed by atoms with Crippen molar-refractivity contribution in [2.24, 2.45) is 0 Å². The molecule has 0 saturated carbocycles. The second-order valence-electron chi connectivity index (χ2n) is 5.29. The van der Waals surface area contributed by atoms with Crippen molar-refractivity contribution in [2.45, 2.75) is 40.2 Å². The third kappa shape index (κ3) is 3.67. The summed E-state index contributed by atoms with van der Waals surface area (Å²) in [6.07, 6.45) is 2.84. The minimum Gasteiger partial charge on any atom is -0.494 e. The quantitative estimate of drug-likeness (QED) is 0.820. The van der Waals surface area contributed by atoms with Crippen LogP contribution in [0, 0.1) is 13.8 Å². The molecule has 0 spiro atoms. The van der Waals surface area contributed by atoms with Gasteiger partial charge in [-0.1, -0.05) is 24.6 Å². The van der Waals surface area contributed by atoms with Crippen LogP contribution in [0.15, 0.2) is 34.9 Å². The van der Waals surface area contributed by atoms with Gasteiger partial charge in [0.1, 0.15) is 11.5 Å². The molecule has 3 heteroatoms. The van der Waals surface area contributed by atoms with Crippen LogP contribution < -0.4 is 10.1 Å². The first-order valence-electron chi connectivity index (χ1n) is 7.68. The zero-order valence-electron chi connectivity index (χ0n) is 13.4. The molecule has 1 atom stereocenters. The third-order valence-corrected chi connectivity index (χ3v) is 3.58. The zero-order valence-corrected chi connectivity index (χ0v) is 13.4. The van der Waals surface area contributed by atoms with Crippen LogP contribution in [0.25, 0.3) is 0 Å². The van der Waals surface area contributed by atoms with E-state index >= 15 is 0 Å². The molecule has 2 aromatic rings. The average Bonchev–Trinajstić information content (AvgIpc) is 2.88. The Balaban J connectivity index is 2.45. The lowest BCUT2D eigenvalue weighted by molar-refractivity contribution is 0.333. The van der Waals surface area contributed by atoms with E-state index in [0.717, 1.165) is 24.5 Å². The van der Waals surface area contributed by atoms with Crippen molar-refractivity contribution in [2.75, 3.05) is 13.2 Å². The number of aryl methyl sites for hydroxylation is 2. The molecule has 1 heterocycles. The first-order valence-corrected chi connectivity index (χ1v) is 7.68. The molecule has 2 rings (SSSR count). The summed E-state index contributed by atoms with van der Waals surface area (Å²) < 4.78 is 11.3. The van der Waals surface area contributed by atoms with E-state index in [2.05, 4.69) is 37.4 Å². The number of furan rings is 1. The molecule has 1 N–H and O–H groups in total. The fourth-order valence-corrected chi connectivity index (χ4v) is 2.55. The highest BCUT2D eigenvalue weighted by molar-refractivity contribution is 5.44. The van der Waals surface area contributed by atoms with Gasteiger partial charge in [0, 0.05) is 11.1 Å². The maximum Gasteiger partial charge on any atom is 0.124 e. The fraction of sp³-hybridized carbons (Fsp3) is 0.444. The lowest BCUT2D eigenvalue weighted by Crippen LogP contribution is -2.24. The first kappa shape index (κ1) is 15.6. The molecule has 1 aromatic heterocycles. The van der Waals surface area contributed by atoms with Crippen LogP contribution in [0.4, 0.5) is 0 Å². The molecule has 0 radical (unpaired) electrons. The number of rotatable bonds is 7. The minimum absolute atomic E-state index is 0.102. The van der Waals surface area contributed by atoms with Gasteiger partial charge < -0.3 is 14.5 Å². The summed E-state index contributed by atoms with van der Waals surface area (Å²) in [6.45, 7) is 9.92. The molecule has 114 valence electrons. The van der Waals surface area contributed by atoms with E-state index in [4.69, 9.17) is 9.15 Å². The van der Waals surface area contributed by atoms with E-state index in [0.29, 0.717) is 6.61 Å². The SMILES string of the molecule is CCCNC(c1cc(C)ccc1OCC)c1ccoc1C. The molecule has 3 nitrogen and oxygen atoms in total. The molecular formula is C18H25NO2. The molecule has 1 aromatic carbocycles. The fourth-order valence-electron chi connectivity index (χ4n) is 2.55. The summed E-state index contributed by atoms with van der Waals surface area (Å²) in [6, 6.07) is 8.49.